The molecule has 0 aliphatic carbocycles. The van der Waals surface area contributed by atoms with Crippen LogP contribution in [0.5, 0.6) is 0 Å². The molecule has 1 N–H and O–H groups in total. The van der Waals surface area contributed by atoms with Gasteiger partial charge in [0.1, 0.15) is 4.88 Å². The smallest absolute Gasteiger partial charge is 0.347 e. The highest BCUT2D eigenvalue weighted by Gasteiger charge is 2.17. The Bertz CT molecular complexity index is 307. The summed E-state index contributed by atoms with van der Waals surface area (Å²) in [6.45, 7) is 0. The molecule has 0 radical (unpaired) electrons. The van der Waals surface area contributed by atoms with Crippen LogP contribution in [0.3, 0.4) is 0 Å². The van der Waals surface area contributed by atoms with Crippen LogP contribution in [0.2, 0.25) is 0 Å². The first kappa shape index (κ1) is 9.70. The standard InChI is InChI=1S/C5HBr3O2S/c6-1-2(7)4(8)11-3(1)5(9)10/h(H,9,10). The van der Waals surface area contributed by atoms with Crippen molar-refractivity contribution in [2.24, 2.45) is 0 Å². The molecule has 6 heteroatoms. The largest absolute Gasteiger partial charge is 0.477 e. The van der Waals surface area contributed by atoms with E-state index in [0.717, 1.165) is 8.26 Å². The van der Waals surface area contributed by atoms with Gasteiger partial charge in [-0.05, 0) is 47.8 Å². The van der Waals surface area contributed by atoms with Gasteiger partial charge in [0.15, 0.2) is 0 Å². The molecule has 0 atom stereocenters. The summed E-state index contributed by atoms with van der Waals surface area (Å²) in [5, 5.41) is 8.64. The number of carbonyl (C=O) groups is 1. The van der Waals surface area contributed by atoms with Crippen molar-refractivity contribution >= 4 is 65.1 Å². The van der Waals surface area contributed by atoms with Crippen LogP contribution in [0.1, 0.15) is 9.67 Å². The first-order valence-electron chi connectivity index (χ1n) is 2.40. The van der Waals surface area contributed by atoms with E-state index in [1.54, 1.807) is 0 Å². The zero-order valence-electron chi connectivity index (χ0n) is 4.90. The molecule has 0 aliphatic heterocycles. The van der Waals surface area contributed by atoms with Crippen molar-refractivity contribution in [1.29, 1.82) is 0 Å². The van der Waals surface area contributed by atoms with Crippen molar-refractivity contribution in [3.8, 4) is 0 Å². The zero-order chi connectivity index (χ0) is 8.59. The zero-order valence-corrected chi connectivity index (χ0v) is 10.5. The second kappa shape index (κ2) is 3.55. The summed E-state index contributed by atoms with van der Waals surface area (Å²) in [4.78, 5) is 10.8. The summed E-state index contributed by atoms with van der Waals surface area (Å²) in [6.07, 6.45) is 0. The van der Waals surface area contributed by atoms with Gasteiger partial charge in [0.05, 0.1) is 12.7 Å². The van der Waals surface area contributed by atoms with Crippen LogP contribution in [0.25, 0.3) is 0 Å². The number of halogens is 3. The summed E-state index contributed by atoms with van der Waals surface area (Å²) < 4.78 is 2.11. The van der Waals surface area contributed by atoms with Gasteiger partial charge in [0.25, 0.3) is 0 Å². The maximum atomic E-state index is 10.5. The number of aromatic carboxylic acids is 1. The van der Waals surface area contributed by atoms with Gasteiger partial charge in [0.2, 0.25) is 0 Å². The quantitative estimate of drug-likeness (QED) is 0.824. The summed E-state index contributed by atoms with van der Waals surface area (Å²) >= 11 is 10.8. The van der Waals surface area contributed by atoms with Gasteiger partial charge in [-0.2, -0.15) is 0 Å². The fraction of sp³-hybridized carbons (Fsp3) is 0. The summed E-state index contributed by atoms with van der Waals surface area (Å²) in [5.41, 5.74) is 0. The second-order valence-corrected chi connectivity index (χ2v) is 5.56. The maximum absolute atomic E-state index is 10.5. The van der Waals surface area contributed by atoms with Gasteiger partial charge in [-0.3, -0.25) is 0 Å². The maximum Gasteiger partial charge on any atom is 0.347 e. The molecular formula is C5HBr3O2S. The Hall–Kier alpha value is 0.610. The number of thiophene rings is 1. The van der Waals surface area contributed by atoms with Crippen LogP contribution in [0, 0.1) is 0 Å². The SMILES string of the molecule is O=C(O)c1sc(Br)c(Br)c1Br. The number of carboxylic acid groups (broad SMARTS) is 1. The molecule has 1 rings (SSSR count). The van der Waals surface area contributed by atoms with E-state index in [9.17, 15) is 4.79 Å². The first-order chi connectivity index (χ1) is 5.04. The lowest BCUT2D eigenvalue weighted by molar-refractivity contribution is 0.0701. The minimum atomic E-state index is -0.923. The molecule has 0 spiro atoms. The van der Waals surface area contributed by atoms with Gasteiger partial charge in [-0.25, -0.2) is 4.79 Å². The highest BCUT2D eigenvalue weighted by atomic mass is 79.9. The summed E-state index contributed by atoms with van der Waals surface area (Å²) in [6, 6.07) is 0. The van der Waals surface area contributed by atoms with E-state index in [4.69, 9.17) is 5.11 Å². The topological polar surface area (TPSA) is 37.3 Å². The van der Waals surface area contributed by atoms with Gasteiger partial charge < -0.3 is 5.11 Å². The molecule has 0 amide bonds. The molecule has 2 nitrogen and oxygen atoms in total. The molecule has 0 aromatic carbocycles. The van der Waals surface area contributed by atoms with Gasteiger partial charge in [-0.15, -0.1) is 11.3 Å². The van der Waals surface area contributed by atoms with Crippen molar-refractivity contribution in [2.75, 3.05) is 0 Å². The Labute approximate surface area is 92.0 Å². The van der Waals surface area contributed by atoms with E-state index in [0.29, 0.717) is 9.35 Å². The Morgan fingerprint density at radius 1 is 1.27 bits per heavy atom. The van der Waals surface area contributed by atoms with E-state index >= 15 is 0 Å². The fourth-order valence-corrected chi connectivity index (χ4v) is 3.42. The highest BCUT2D eigenvalue weighted by molar-refractivity contribution is 9.14. The van der Waals surface area contributed by atoms with Crippen LogP contribution in [0.15, 0.2) is 12.7 Å². The molecule has 0 bridgehead atoms. The molecular weight excluding hydrogens is 364 g/mol. The van der Waals surface area contributed by atoms with Gasteiger partial charge >= 0.3 is 5.97 Å². The fourth-order valence-electron chi connectivity index (χ4n) is 0.503. The number of rotatable bonds is 1. The van der Waals surface area contributed by atoms with Gasteiger partial charge in [0, 0.05) is 0 Å². The second-order valence-electron chi connectivity index (χ2n) is 1.64. The minimum absolute atomic E-state index is 0.295. The first-order valence-corrected chi connectivity index (χ1v) is 5.60. The summed E-state index contributed by atoms with van der Waals surface area (Å²) in [7, 11) is 0. The average molecular weight is 365 g/mol. The third-order valence-corrected chi connectivity index (χ3v) is 5.97. The molecule has 1 aromatic rings. The van der Waals surface area contributed by atoms with Crippen molar-refractivity contribution in [3.63, 3.8) is 0 Å². The van der Waals surface area contributed by atoms with E-state index in [2.05, 4.69) is 47.8 Å². The van der Waals surface area contributed by atoms with E-state index in [-0.39, 0.29) is 0 Å². The minimum Gasteiger partial charge on any atom is -0.477 e. The molecule has 0 aliphatic rings. The number of carboxylic acids is 1. The van der Waals surface area contributed by atoms with Crippen LogP contribution in [-0.4, -0.2) is 11.1 Å². The predicted molar refractivity (Wildman–Crippen MR) is 54.4 cm³/mol. The van der Waals surface area contributed by atoms with Crippen molar-refractivity contribution in [1.82, 2.24) is 0 Å². The van der Waals surface area contributed by atoms with E-state index in [1.165, 1.54) is 11.3 Å². The van der Waals surface area contributed by atoms with Crippen LogP contribution in [-0.2, 0) is 0 Å². The van der Waals surface area contributed by atoms with Crippen LogP contribution in [0.4, 0.5) is 0 Å². The van der Waals surface area contributed by atoms with Crippen molar-refractivity contribution in [3.05, 3.63) is 17.6 Å². The molecule has 1 aromatic heterocycles. The molecule has 0 unspecified atom stereocenters. The van der Waals surface area contributed by atoms with Crippen molar-refractivity contribution < 1.29 is 9.90 Å². The lowest BCUT2D eigenvalue weighted by Crippen LogP contribution is -1.91. The third kappa shape index (κ3) is 1.85. The lowest BCUT2D eigenvalue weighted by atomic mass is 10.5. The van der Waals surface area contributed by atoms with E-state index < -0.39 is 5.97 Å². The molecule has 0 saturated carbocycles. The Kier molecular flexibility index (Phi) is 3.13. The van der Waals surface area contributed by atoms with Crippen LogP contribution < -0.4 is 0 Å². The lowest BCUT2D eigenvalue weighted by Gasteiger charge is -1.86. The number of hydrogen-bond donors (Lipinski definition) is 1. The van der Waals surface area contributed by atoms with Crippen molar-refractivity contribution in [2.45, 2.75) is 0 Å². The summed E-state index contributed by atoms with van der Waals surface area (Å²) in [5.74, 6) is -0.923. The predicted octanol–water partition coefficient (Wildman–Crippen LogP) is 3.73. The molecule has 1 heterocycles. The highest BCUT2D eigenvalue weighted by Crippen LogP contribution is 2.40. The Balaban J connectivity index is 3.29. The Morgan fingerprint density at radius 3 is 2.00 bits per heavy atom. The monoisotopic (exact) mass is 362 g/mol. The average Bonchev–Trinajstić information content (AvgIpc) is 2.17. The van der Waals surface area contributed by atoms with Crippen LogP contribution >= 0.6 is 59.1 Å². The normalized spacial score (nSPS) is 10.1. The molecule has 0 fully saturated rings. The molecule has 60 valence electrons. The van der Waals surface area contributed by atoms with Gasteiger partial charge in [-0.1, -0.05) is 0 Å². The number of hydrogen-bond acceptors (Lipinski definition) is 2. The third-order valence-electron chi connectivity index (χ3n) is 0.951. The molecule has 0 saturated heterocycles. The molecule has 11 heavy (non-hydrogen) atoms. The Morgan fingerprint density at radius 2 is 1.82 bits per heavy atom. The van der Waals surface area contributed by atoms with E-state index in [1.807, 2.05) is 0 Å².